The van der Waals surface area contributed by atoms with Crippen LogP contribution in [-0.4, -0.2) is 60.1 Å². The maximum Gasteiger partial charge on any atom is 0.320 e. The average molecular weight is 462 g/mol. The summed E-state index contributed by atoms with van der Waals surface area (Å²) in [5.41, 5.74) is -0.00646. The molecule has 0 radical (unpaired) electrons. The minimum Gasteiger partial charge on any atom is -0.458 e. The quantitative estimate of drug-likeness (QED) is 0.508. The van der Waals surface area contributed by atoms with Crippen molar-refractivity contribution in [2.75, 3.05) is 25.3 Å². The van der Waals surface area contributed by atoms with Crippen LogP contribution in [0.5, 0.6) is 17.6 Å². The fourth-order valence-corrected chi connectivity index (χ4v) is 3.24. The van der Waals surface area contributed by atoms with Gasteiger partial charge in [-0.2, -0.15) is 15.1 Å². The summed E-state index contributed by atoms with van der Waals surface area (Å²) < 4.78 is 41.2. The topological polar surface area (TPSA) is 135 Å². The lowest BCUT2D eigenvalue weighted by atomic mass is 10.3. The second-order valence-corrected chi connectivity index (χ2v) is 8.95. The Morgan fingerprint density at radius 1 is 1.19 bits per heavy atom. The highest BCUT2D eigenvalue weighted by atomic mass is 32.2. The summed E-state index contributed by atoms with van der Waals surface area (Å²) in [6, 6.07) is 8.71. The molecule has 3 rings (SSSR count). The van der Waals surface area contributed by atoms with Gasteiger partial charge in [0.15, 0.2) is 15.7 Å². The van der Waals surface area contributed by atoms with Crippen LogP contribution in [0.3, 0.4) is 0 Å². The third kappa shape index (κ3) is 6.25. The number of nitrogens with one attached hydrogen (secondary N) is 1. The summed E-state index contributed by atoms with van der Waals surface area (Å²) in [7, 11) is -0.0772. The van der Waals surface area contributed by atoms with Gasteiger partial charge in [-0.15, -0.1) is 0 Å². The number of amides is 1. The first kappa shape index (κ1) is 23.2. The van der Waals surface area contributed by atoms with Gasteiger partial charge in [0.05, 0.1) is 11.5 Å². The molecular weight excluding hydrogens is 438 g/mol. The summed E-state index contributed by atoms with van der Waals surface area (Å²) in [6.07, 6.45) is 2.42. The van der Waals surface area contributed by atoms with Gasteiger partial charge in [0.1, 0.15) is 17.5 Å². The average Bonchev–Trinajstić information content (AvgIpc) is 3.12. The molecular formula is C20H23N5O6S. The van der Waals surface area contributed by atoms with Crippen molar-refractivity contribution in [3.63, 3.8) is 0 Å². The Kier molecular flexibility index (Phi) is 7.05. The molecule has 0 bridgehead atoms. The van der Waals surface area contributed by atoms with E-state index in [4.69, 9.17) is 14.2 Å². The molecule has 1 N–H and O–H groups in total. The zero-order chi connectivity index (χ0) is 23.3. The number of rotatable bonds is 9. The van der Waals surface area contributed by atoms with Crippen LogP contribution in [-0.2, 0) is 21.6 Å². The van der Waals surface area contributed by atoms with Crippen molar-refractivity contribution >= 4 is 21.6 Å². The normalized spacial score (nSPS) is 12.2. The summed E-state index contributed by atoms with van der Waals surface area (Å²) in [5, 5.41) is 6.74. The largest absolute Gasteiger partial charge is 0.458 e. The molecule has 0 aliphatic rings. The van der Waals surface area contributed by atoms with E-state index >= 15 is 0 Å². The van der Waals surface area contributed by atoms with Crippen molar-refractivity contribution in [3.05, 3.63) is 48.3 Å². The lowest BCUT2D eigenvalue weighted by Gasteiger charge is -2.14. The number of carbonyl (C=O) groups is 1. The summed E-state index contributed by atoms with van der Waals surface area (Å²) in [6.45, 7) is 2.05. The van der Waals surface area contributed by atoms with Gasteiger partial charge < -0.3 is 19.5 Å². The Balaban J connectivity index is 1.87. The minimum atomic E-state index is -3.34. The molecule has 0 aliphatic carbocycles. The van der Waals surface area contributed by atoms with Crippen molar-refractivity contribution in [3.8, 4) is 17.6 Å². The van der Waals surface area contributed by atoms with Crippen LogP contribution < -0.4 is 14.8 Å². The first-order valence-corrected chi connectivity index (χ1v) is 11.4. The predicted molar refractivity (Wildman–Crippen MR) is 115 cm³/mol. The van der Waals surface area contributed by atoms with Gasteiger partial charge in [0.25, 0.3) is 5.91 Å². The van der Waals surface area contributed by atoms with E-state index in [9.17, 15) is 13.2 Å². The lowest BCUT2D eigenvalue weighted by molar-refractivity contribution is 0.0843. The minimum absolute atomic E-state index is 0.00646. The van der Waals surface area contributed by atoms with E-state index in [2.05, 4.69) is 20.4 Å². The molecule has 170 valence electrons. The standard InChI is InChI=1S/C20H23N5O6S/c1-13(12-29-3)30-20-21-16(19(26)22-17-9-10-25(2)24-17)11-18(23-20)31-14-5-7-15(8-6-14)32(4,27)28/h5-11,13H,12H2,1-4H3,(H,22,24,26). The Hall–Kier alpha value is -3.51. The first-order chi connectivity index (χ1) is 15.1. The number of benzene rings is 1. The number of hydrogen-bond donors (Lipinski definition) is 1. The van der Waals surface area contributed by atoms with Crippen molar-refractivity contribution in [1.29, 1.82) is 0 Å². The third-order valence-corrected chi connectivity index (χ3v) is 5.18. The van der Waals surface area contributed by atoms with Crippen LogP contribution in [0.2, 0.25) is 0 Å². The summed E-state index contributed by atoms with van der Waals surface area (Å²) in [5.74, 6) is 0.179. The van der Waals surface area contributed by atoms with E-state index in [-0.39, 0.29) is 35.2 Å². The number of carbonyl (C=O) groups excluding carboxylic acids is 1. The predicted octanol–water partition coefficient (Wildman–Crippen LogP) is 2.07. The van der Waals surface area contributed by atoms with Gasteiger partial charge in [-0.25, -0.2) is 8.42 Å². The number of ether oxygens (including phenoxy) is 3. The number of aryl methyl sites for hydroxylation is 1. The molecule has 1 unspecified atom stereocenters. The van der Waals surface area contributed by atoms with E-state index < -0.39 is 15.7 Å². The maximum atomic E-state index is 12.7. The highest BCUT2D eigenvalue weighted by Crippen LogP contribution is 2.24. The van der Waals surface area contributed by atoms with E-state index in [1.165, 1.54) is 37.4 Å². The number of sulfone groups is 1. The fourth-order valence-electron chi connectivity index (χ4n) is 2.61. The van der Waals surface area contributed by atoms with Gasteiger partial charge in [0.2, 0.25) is 5.88 Å². The Labute approximate surface area is 185 Å². The molecule has 1 aromatic carbocycles. The van der Waals surface area contributed by atoms with Crippen molar-refractivity contribution in [1.82, 2.24) is 19.7 Å². The fraction of sp³-hybridized carbons (Fsp3) is 0.300. The van der Waals surface area contributed by atoms with Crippen LogP contribution in [0.15, 0.2) is 47.5 Å². The van der Waals surface area contributed by atoms with Crippen LogP contribution in [0.25, 0.3) is 0 Å². The third-order valence-electron chi connectivity index (χ3n) is 4.05. The smallest absolute Gasteiger partial charge is 0.320 e. The molecule has 11 nitrogen and oxygen atoms in total. The van der Waals surface area contributed by atoms with Crippen LogP contribution in [0.1, 0.15) is 17.4 Å². The number of methoxy groups -OCH3 is 1. The molecule has 1 atom stereocenters. The molecule has 0 aliphatic heterocycles. The second kappa shape index (κ2) is 9.75. The highest BCUT2D eigenvalue weighted by molar-refractivity contribution is 7.90. The molecule has 0 saturated heterocycles. The van der Waals surface area contributed by atoms with E-state index in [1.54, 1.807) is 30.9 Å². The van der Waals surface area contributed by atoms with Gasteiger partial charge in [-0.1, -0.05) is 0 Å². The van der Waals surface area contributed by atoms with E-state index in [0.29, 0.717) is 11.6 Å². The SMILES string of the molecule is COCC(C)Oc1nc(Oc2ccc(S(C)(=O)=O)cc2)cc(C(=O)Nc2ccn(C)n2)n1. The Morgan fingerprint density at radius 2 is 1.91 bits per heavy atom. The Bertz CT molecular complexity index is 1190. The zero-order valence-electron chi connectivity index (χ0n) is 18.0. The van der Waals surface area contributed by atoms with Crippen molar-refractivity contribution in [2.45, 2.75) is 17.9 Å². The van der Waals surface area contributed by atoms with E-state index in [0.717, 1.165) is 6.26 Å². The van der Waals surface area contributed by atoms with E-state index in [1.807, 2.05) is 0 Å². The summed E-state index contributed by atoms with van der Waals surface area (Å²) in [4.78, 5) is 21.2. The van der Waals surface area contributed by atoms with Crippen molar-refractivity contribution < 1.29 is 27.4 Å². The second-order valence-electron chi connectivity index (χ2n) is 6.93. The van der Waals surface area contributed by atoms with Gasteiger partial charge in [-0.05, 0) is 31.2 Å². The molecule has 2 aromatic heterocycles. The van der Waals surface area contributed by atoms with Gasteiger partial charge >= 0.3 is 6.01 Å². The molecule has 1 amide bonds. The van der Waals surface area contributed by atoms with Gasteiger partial charge in [0, 0.05) is 38.7 Å². The Morgan fingerprint density at radius 3 is 2.50 bits per heavy atom. The molecule has 0 saturated carbocycles. The zero-order valence-corrected chi connectivity index (χ0v) is 18.8. The van der Waals surface area contributed by atoms with Gasteiger partial charge in [-0.3, -0.25) is 9.48 Å². The number of nitrogens with zero attached hydrogens (tertiary/aromatic N) is 4. The number of aromatic nitrogens is 4. The maximum absolute atomic E-state index is 12.7. The van der Waals surface area contributed by atoms with Crippen LogP contribution >= 0.6 is 0 Å². The highest BCUT2D eigenvalue weighted by Gasteiger charge is 2.17. The monoisotopic (exact) mass is 461 g/mol. The number of anilines is 1. The molecule has 3 aromatic rings. The van der Waals surface area contributed by atoms with Crippen LogP contribution in [0, 0.1) is 0 Å². The number of hydrogen-bond acceptors (Lipinski definition) is 9. The molecule has 12 heteroatoms. The van der Waals surface area contributed by atoms with Crippen LogP contribution in [0.4, 0.5) is 5.82 Å². The lowest BCUT2D eigenvalue weighted by Crippen LogP contribution is -2.21. The first-order valence-electron chi connectivity index (χ1n) is 9.47. The van der Waals surface area contributed by atoms with Crippen molar-refractivity contribution in [2.24, 2.45) is 7.05 Å². The molecule has 0 spiro atoms. The molecule has 2 heterocycles. The summed E-state index contributed by atoms with van der Waals surface area (Å²) >= 11 is 0. The molecule has 0 fully saturated rings. The molecule has 32 heavy (non-hydrogen) atoms.